The number of carboxylic acids is 2. The summed E-state index contributed by atoms with van der Waals surface area (Å²) in [5.74, 6) is -2.71. The van der Waals surface area contributed by atoms with Crippen molar-refractivity contribution >= 4 is 23.3 Å². The van der Waals surface area contributed by atoms with E-state index in [1.807, 2.05) is 13.8 Å². The molecule has 6 nitrogen and oxygen atoms in total. The molecule has 2 aliphatic heterocycles. The lowest BCUT2D eigenvalue weighted by molar-refractivity contribution is -0.138. The Morgan fingerprint density at radius 1 is 0.675 bits per heavy atom. The number of aromatic carboxylic acids is 2. The topological polar surface area (TPSA) is 81.1 Å². The lowest BCUT2D eigenvalue weighted by Gasteiger charge is -2.37. The highest BCUT2D eigenvalue weighted by molar-refractivity contribution is 5.89. The molecule has 220 valence electrons. The van der Waals surface area contributed by atoms with Gasteiger partial charge in [0.1, 0.15) is 0 Å². The van der Waals surface area contributed by atoms with Crippen LogP contribution in [-0.4, -0.2) is 47.3 Å². The molecule has 2 fully saturated rings. The number of piperidine rings is 2. The van der Waals surface area contributed by atoms with Crippen LogP contribution >= 0.6 is 0 Å². The first-order valence-corrected chi connectivity index (χ1v) is 13.0. The number of hydrogen-bond donors (Lipinski definition) is 2. The Hall–Kier alpha value is -3.44. The molecule has 2 atom stereocenters. The summed E-state index contributed by atoms with van der Waals surface area (Å²) in [6.45, 7) is 4.92. The molecule has 0 amide bonds. The van der Waals surface area contributed by atoms with Crippen molar-refractivity contribution in [3.05, 3.63) is 58.7 Å². The number of nitrogens with zero attached hydrogens (tertiary/aromatic N) is 2. The summed E-state index contributed by atoms with van der Waals surface area (Å²) in [5.41, 5.74) is -2.27. The molecule has 0 aromatic heterocycles. The van der Waals surface area contributed by atoms with E-state index in [4.69, 9.17) is 10.2 Å². The third-order valence-corrected chi connectivity index (χ3v) is 7.32. The minimum Gasteiger partial charge on any atom is -0.478 e. The summed E-state index contributed by atoms with van der Waals surface area (Å²) in [6, 6.07) is 6.50. The van der Waals surface area contributed by atoms with Crippen LogP contribution in [-0.2, 0) is 12.4 Å². The van der Waals surface area contributed by atoms with Gasteiger partial charge >= 0.3 is 24.3 Å². The van der Waals surface area contributed by atoms with Crippen molar-refractivity contribution in [3.63, 3.8) is 0 Å². The van der Waals surface area contributed by atoms with Gasteiger partial charge in [-0.15, -0.1) is 0 Å². The van der Waals surface area contributed by atoms with Crippen LogP contribution in [0.4, 0.5) is 37.7 Å². The second-order valence-electron chi connectivity index (χ2n) is 10.1. The Kier molecular flexibility index (Phi) is 9.63. The molecule has 0 radical (unpaired) electrons. The van der Waals surface area contributed by atoms with E-state index in [0.29, 0.717) is 13.1 Å². The molecule has 0 aliphatic carbocycles. The molecular weight excluding hydrogens is 542 g/mol. The first-order chi connectivity index (χ1) is 18.6. The maximum Gasteiger partial charge on any atom is 0.418 e. The fourth-order valence-corrected chi connectivity index (χ4v) is 5.21. The third kappa shape index (κ3) is 7.39. The number of hydrogen-bond acceptors (Lipinski definition) is 4. The van der Waals surface area contributed by atoms with Crippen LogP contribution in [0.2, 0.25) is 0 Å². The Morgan fingerprint density at radius 2 is 1.02 bits per heavy atom. The van der Waals surface area contributed by atoms with Gasteiger partial charge in [-0.1, -0.05) is 0 Å². The van der Waals surface area contributed by atoms with Gasteiger partial charge in [-0.3, -0.25) is 0 Å². The Balaban J connectivity index is 0.000000220. The smallest absolute Gasteiger partial charge is 0.418 e. The molecule has 2 saturated heterocycles. The third-order valence-electron chi connectivity index (χ3n) is 7.32. The standard InChI is InChI=1S/2C14H16F3NO2/c2*1-9-4-2-3-7-18(9)12-6-5-10(13(19)20)8-11(12)14(15,16)17/h2*5-6,8-9H,2-4,7H2,1H3,(H,19,20)/t2*9-/m10/s1. The maximum absolute atomic E-state index is 13.2. The Morgan fingerprint density at radius 3 is 1.30 bits per heavy atom. The molecular formula is C28H32F6N2O4. The quantitative estimate of drug-likeness (QED) is 0.367. The Bertz CT molecular complexity index is 1120. The van der Waals surface area contributed by atoms with Crippen molar-refractivity contribution in [2.45, 2.75) is 76.8 Å². The minimum absolute atomic E-state index is 0.0283. The minimum atomic E-state index is -4.56. The molecule has 0 saturated carbocycles. The van der Waals surface area contributed by atoms with Gasteiger partial charge in [0.25, 0.3) is 0 Å². The van der Waals surface area contributed by atoms with E-state index in [1.165, 1.54) is 24.3 Å². The SMILES string of the molecule is C[C@@H]1CCCCN1c1ccc(C(=O)O)cc1C(F)(F)F.C[C@H]1CCCCN1c1ccc(C(=O)O)cc1C(F)(F)F. The predicted octanol–water partition coefficient (Wildman–Crippen LogP) is 7.56. The number of benzene rings is 2. The first kappa shape index (κ1) is 31.1. The van der Waals surface area contributed by atoms with Crippen LogP contribution in [0.25, 0.3) is 0 Å². The zero-order valence-corrected chi connectivity index (χ0v) is 22.1. The van der Waals surface area contributed by atoms with E-state index in [1.54, 1.807) is 9.80 Å². The molecule has 40 heavy (non-hydrogen) atoms. The van der Waals surface area contributed by atoms with Crippen LogP contribution in [0.3, 0.4) is 0 Å². The largest absolute Gasteiger partial charge is 0.478 e. The fraction of sp³-hybridized carbons (Fsp3) is 0.500. The summed E-state index contributed by atoms with van der Waals surface area (Å²) in [4.78, 5) is 25.1. The highest BCUT2D eigenvalue weighted by atomic mass is 19.4. The van der Waals surface area contributed by atoms with Crippen molar-refractivity contribution in [1.82, 2.24) is 0 Å². The molecule has 0 unspecified atom stereocenters. The van der Waals surface area contributed by atoms with E-state index in [0.717, 1.165) is 50.7 Å². The average Bonchev–Trinajstić information content (AvgIpc) is 2.88. The summed E-state index contributed by atoms with van der Waals surface area (Å²) in [5, 5.41) is 17.7. The Labute approximate surface area is 228 Å². The van der Waals surface area contributed by atoms with Crippen LogP contribution in [0, 0.1) is 0 Å². The van der Waals surface area contributed by atoms with Crippen molar-refractivity contribution in [2.75, 3.05) is 22.9 Å². The van der Waals surface area contributed by atoms with Gasteiger partial charge < -0.3 is 20.0 Å². The second kappa shape index (κ2) is 12.4. The predicted molar refractivity (Wildman–Crippen MR) is 138 cm³/mol. The van der Waals surface area contributed by atoms with Crippen LogP contribution in [0.15, 0.2) is 36.4 Å². The number of carboxylic acid groups (broad SMARTS) is 2. The van der Waals surface area contributed by atoms with Gasteiger partial charge in [-0.2, -0.15) is 26.3 Å². The van der Waals surface area contributed by atoms with E-state index in [-0.39, 0.29) is 34.6 Å². The average molecular weight is 575 g/mol. The van der Waals surface area contributed by atoms with Crippen LogP contribution in [0.1, 0.15) is 84.2 Å². The van der Waals surface area contributed by atoms with E-state index in [9.17, 15) is 35.9 Å². The van der Waals surface area contributed by atoms with Crippen molar-refractivity contribution in [2.24, 2.45) is 0 Å². The summed E-state index contributed by atoms with van der Waals surface area (Å²) >= 11 is 0. The van der Waals surface area contributed by atoms with Crippen molar-refractivity contribution < 1.29 is 46.1 Å². The van der Waals surface area contributed by atoms with Gasteiger partial charge in [0.05, 0.1) is 22.3 Å². The number of anilines is 2. The maximum atomic E-state index is 13.2. The van der Waals surface area contributed by atoms with Crippen molar-refractivity contribution in [1.29, 1.82) is 0 Å². The number of rotatable bonds is 4. The van der Waals surface area contributed by atoms with Crippen molar-refractivity contribution in [3.8, 4) is 0 Å². The fourth-order valence-electron chi connectivity index (χ4n) is 5.21. The van der Waals surface area contributed by atoms with Gasteiger partial charge in [-0.25, -0.2) is 9.59 Å². The van der Waals surface area contributed by atoms with Gasteiger partial charge in [0, 0.05) is 36.5 Å². The zero-order chi connectivity index (χ0) is 29.8. The molecule has 2 aromatic rings. The summed E-state index contributed by atoms with van der Waals surface area (Å²) in [6.07, 6.45) is -3.71. The molecule has 0 bridgehead atoms. The molecule has 2 aliphatic rings. The van der Waals surface area contributed by atoms with Gasteiger partial charge in [0.15, 0.2) is 0 Å². The number of halogens is 6. The van der Waals surface area contributed by atoms with E-state index >= 15 is 0 Å². The number of carbonyl (C=O) groups is 2. The zero-order valence-electron chi connectivity index (χ0n) is 22.1. The second-order valence-corrected chi connectivity index (χ2v) is 10.1. The lowest BCUT2D eigenvalue weighted by atomic mass is 9.99. The van der Waals surface area contributed by atoms with Gasteiger partial charge in [-0.05, 0) is 88.8 Å². The highest BCUT2D eigenvalue weighted by Crippen LogP contribution is 2.40. The molecule has 4 rings (SSSR count). The van der Waals surface area contributed by atoms with Gasteiger partial charge in [0.2, 0.25) is 0 Å². The molecule has 2 N–H and O–H groups in total. The van der Waals surface area contributed by atoms with Crippen LogP contribution < -0.4 is 9.80 Å². The van der Waals surface area contributed by atoms with Crippen LogP contribution in [0.5, 0.6) is 0 Å². The molecule has 12 heteroatoms. The normalized spacial score (nSPS) is 20.0. The first-order valence-electron chi connectivity index (χ1n) is 13.0. The lowest BCUT2D eigenvalue weighted by Crippen LogP contribution is -2.38. The number of alkyl halides is 6. The van der Waals surface area contributed by atoms with E-state index in [2.05, 4.69) is 0 Å². The summed E-state index contributed by atoms with van der Waals surface area (Å²) in [7, 11) is 0. The van der Waals surface area contributed by atoms with E-state index < -0.39 is 35.4 Å². The highest BCUT2D eigenvalue weighted by Gasteiger charge is 2.38. The summed E-state index contributed by atoms with van der Waals surface area (Å²) < 4.78 is 78.9. The monoisotopic (exact) mass is 574 g/mol. The molecule has 2 aromatic carbocycles. The molecule has 2 heterocycles. The molecule has 0 spiro atoms.